The molecule has 1 N–H and O–H groups in total. The highest BCUT2D eigenvalue weighted by Crippen LogP contribution is 2.29. The second-order valence-corrected chi connectivity index (χ2v) is 9.42. The SMILES string of the molecule is Cc1cc(C)c(S(=O)(=O)N2CCC[C@H](C(=O)Nc3ccc(F)cc3F)C2)c(C)c1. The second-order valence-electron chi connectivity index (χ2n) is 7.54. The Labute approximate surface area is 169 Å². The third-order valence-corrected chi connectivity index (χ3v) is 7.32. The molecule has 1 aliphatic rings. The number of nitrogens with zero attached hydrogens (tertiary/aromatic N) is 1. The van der Waals surface area contributed by atoms with Gasteiger partial charge in [0.25, 0.3) is 0 Å². The fraction of sp³-hybridized carbons (Fsp3) is 0.381. The van der Waals surface area contributed by atoms with E-state index in [4.69, 9.17) is 0 Å². The van der Waals surface area contributed by atoms with Gasteiger partial charge in [-0.2, -0.15) is 4.31 Å². The van der Waals surface area contributed by atoms with Crippen molar-refractivity contribution < 1.29 is 22.0 Å². The standard InChI is InChI=1S/C21H24F2N2O3S/c1-13-9-14(2)20(15(3)10-13)29(27,28)25-8-4-5-16(12-25)21(26)24-19-7-6-17(22)11-18(19)23/h6-7,9-11,16H,4-5,8,12H2,1-3H3,(H,24,26)/t16-/m0/s1. The van der Waals surface area contributed by atoms with Crippen LogP contribution in [0.5, 0.6) is 0 Å². The van der Waals surface area contributed by atoms with E-state index in [1.807, 2.05) is 19.1 Å². The van der Waals surface area contributed by atoms with Gasteiger partial charge in [-0.3, -0.25) is 4.79 Å². The van der Waals surface area contributed by atoms with Crippen LogP contribution in [0.4, 0.5) is 14.5 Å². The van der Waals surface area contributed by atoms with Gasteiger partial charge >= 0.3 is 0 Å². The molecule has 1 amide bonds. The van der Waals surface area contributed by atoms with Crippen LogP contribution < -0.4 is 5.32 Å². The number of rotatable bonds is 4. The molecule has 29 heavy (non-hydrogen) atoms. The molecular weight excluding hydrogens is 398 g/mol. The van der Waals surface area contributed by atoms with Crippen LogP contribution in [0.3, 0.4) is 0 Å². The van der Waals surface area contributed by atoms with Gasteiger partial charge in [0.15, 0.2) is 0 Å². The van der Waals surface area contributed by atoms with Crippen LogP contribution in [0.1, 0.15) is 29.5 Å². The first-order valence-electron chi connectivity index (χ1n) is 9.43. The normalized spacial score (nSPS) is 17.9. The Morgan fingerprint density at radius 1 is 1.10 bits per heavy atom. The lowest BCUT2D eigenvalue weighted by Gasteiger charge is -2.32. The summed E-state index contributed by atoms with van der Waals surface area (Å²) in [6, 6.07) is 6.55. The maximum absolute atomic E-state index is 13.8. The van der Waals surface area contributed by atoms with Gasteiger partial charge in [-0.25, -0.2) is 17.2 Å². The van der Waals surface area contributed by atoms with Gasteiger partial charge in [0.1, 0.15) is 11.6 Å². The van der Waals surface area contributed by atoms with E-state index in [9.17, 15) is 22.0 Å². The van der Waals surface area contributed by atoms with Gasteiger partial charge in [-0.15, -0.1) is 0 Å². The highest BCUT2D eigenvalue weighted by Gasteiger charge is 2.35. The number of amides is 1. The van der Waals surface area contributed by atoms with Gasteiger partial charge < -0.3 is 5.32 Å². The van der Waals surface area contributed by atoms with E-state index in [1.54, 1.807) is 13.8 Å². The number of hydrogen-bond donors (Lipinski definition) is 1. The minimum Gasteiger partial charge on any atom is -0.323 e. The average molecular weight is 422 g/mol. The first-order chi connectivity index (χ1) is 13.6. The van der Waals surface area contributed by atoms with Crippen LogP contribution in [0.15, 0.2) is 35.2 Å². The lowest BCUT2D eigenvalue weighted by Crippen LogP contribution is -2.44. The number of anilines is 1. The summed E-state index contributed by atoms with van der Waals surface area (Å²) in [5, 5.41) is 2.45. The summed E-state index contributed by atoms with van der Waals surface area (Å²) in [7, 11) is -3.76. The predicted molar refractivity (Wildman–Crippen MR) is 107 cm³/mol. The van der Waals surface area contributed by atoms with Crippen LogP contribution in [0, 0.1) is 38.3 Å². The number of halogens is 2. The van der Waals surface area contributed by atoms with E-state index in [1.165, 1.54) is 4.31 Å². The number of carbonyl (C=O) groups excluding carboxylic acids is 1. The van der Waals surface area contributed by atoms with Crippen molar-refractivity contribution in [2.75, 3.05) is 18.4 Å². The van der Waals surface area contributed by atoms with Crippen molar-refractivity contribution in [2.24, 2.45) is 5.92 Å². The molecular formula is C21H24F2N2O3S. The fourth-order valence-electron chi connectivity index (χ4n) is 3.90. The molecule has 1 fully saturated rings. The number of piperidine rings is 1. The Hall–Kier alpha value is -2.32. The highest BCUT2D eigenvalue weighted by molar-refractivity contribution is 7.89. The summed E-state index contributed by atoms with van der Waals surface area (Å²) in [5.41, 5.74) is 2.20. The van der Waals surface area contributed by atoms with Crippen LogP contribution in [-0.4, -0.2) is 31.7 Å². The minimum atomic E-state index is -3.76. The number of hydrogen-bond acceptors (Lipinski definition) is 3. The van der Waals surface area contributed by atoms with Crippen molar-refractivity contribution in [3.05, 3.63) is 58.7 Å². The first kappa shape index (κ1) is 21.4. The van der Waals surface area contributed by atoms with E-state index in [-0.39, 0.29) is 17.1 Å². The summed E-state index contributed by atoms with van der Waals surface area (Å²) in [5.74, 6) is -2.70. The van der Waals surface area contributed by atoms with Crippen molar-refractivity contribution >= 4 is 21.6 Å². The number of carbonyl (C=O) groups is 1. The van der Waals surface area contributed by atoms with E-state index < -0.39 is 33.5 Å². The number of benzene rings is 2. The lowest BCUT2D eigenvalue weighted by molar-refractivity contribution is -0.120. The molecule has 3 rings (SSSR count). The highest BCUT2D eigenvalue weighted by atomic mass is 32.2. The summed E-state index contributed by atoms with van der Waals surface area (Å²) in [4.78, 5) is 12.9. The zero-order valence-electron chi connectivity index (χ0n) is 16.6. The van der Waals surface area contributed by atoms with Gasteiger partial charge in [-0.1, -0.05) is 17.7 Å². The fourth-order valence-corrected chi connectivity index (χ4v) is 5.84. The molecule has 0 aromatic heterocycles. The molecule has 0 aliphatic carbocycles. The summed E-state index contributed by atoms with van der Waals surface area (Å²) in [6.07, 6.45) is 1.01. The molecule has 5 nitrogen and oxygen atoms in total. The van der Waals surface area contributed by atoms with Crippen molar-refractivity contribution in [3.63, 3.8) is 0 Å². The Morgan fingerprint density at radius 2 is 1.76 bits per heavy atom. The number of nitrogens with one attached hydrogen (secondary N) is 1. The molecule has 1 aliphatic heterocycles. The zero-order chi connectivity index (χ0) is 21.3. The molecule has 156 valence electrons. The average Bonchev–Trinajstić information content (AvgIpc) is 2.63. The molecule has 2 aromatic carbocycles. The third kappa shape index (κ3) is 4.48. The van der Waals surface area contributed by atoms with Crippen LogP contribution >= 0.6 is 0 Å². The lowest BCUT2D eigenvalue weighted by atomic mass is 9.98. The van der Waals surface area contributed by atoms with E-state index >= 15 is 0 Å². The summed E-state index contributed by atoms with van der Waals surface area (Å²) < 4.78 is 54.7. The molecule has 0 saturated carbocycles. The summed E-state index contributed by atoms with van der Waals surface area (Å²) >= 11 is 0. The molecule has 2 aromatic rings. The second kappa shape index (κ2) is 8.20. The van der Waals surface area contributed by atoms with E-state index in [0.29, 0.717) is 36.6 Å². The Balaban J connectivity index is 1.80. The van der Waals surface area contributed by atoms with E-state index in [2.05, 4.69) is 5.32 Å². The van der Waals surface area contributed by atoms with Gasteiger partial charge in [0, 0.05) is 19.2 Å². The van der Waals surface area contributed by atoms with Crippen molar-refractivity contribution in [3.8, 4) is 0 Å². The molecule has 1 saturated heterocycles. The quantitative estimate of drug-likeness (QED) is 0.812. The van der Waals surface area contributed by atoms with Crippen molar-refractivity contribution in [1.82, 2.24) is 4.31 Å². The molecule has 0 unspecified atom stereocenters. The molecule has 1 atom stereocenters. The van der Waals surface area contributed by atoms with Crippen LogP contribution in [0.2, 0.25) is 0 Å². The molecule has 8 heteroatoms. The number of sulfonamides is 1. The topological polar surface area (TPSA) is 66.5 Å². The van der Waals surface area contributed by atoms with E-state index in [0.717, 1.165) is 17.7 Å². The maximum Gasteiger partial charge on any atom is 0.243 e. The monoisotopic (exact) mass is 422 g/mol. The smallest absolute Gasteiger partial charge is 0.243 e. The third-order valence-electron chi connectivity index (χ3n) is 5.15. The first-order valence-corrected chi connectivity index (χ1v) is 10.9. The van der Waals surface area contributed by atoms with Crippen LogP contribution in [0.25, 0.3) is 0 Å². The molecule has 0 bridgehead atoms. The van der Waals surface area contributed by atoms with Crippen molar-refractivity contribution in [1.29, 1.82) is 0 Å². The van der Waals surface area contributed by atoms with Crippen molar-refractivity contribution in [2.45, 2.75) is 38.5 Å². The minimum absolute atomic E-state index is 0.0176. The van der Waals surface area contributed by atoms with Gasteiger partial charge in [0.05, 0.1) is 16.5 Å². The molecule has 0 spiro atoms. The largest absolute Gasteiger partial charge is 0.323 e. The van der Waals surface area contributed by atoms with Gasteiger partial charge in [0.2, 0.25) is 15.9 Å². The Kier molecular flexibility index (Phi) is 6.05. The van der Waals surface area contributed by atoms with Crippen LogP contribution in [-0.2, 0) is 14.8 Å². The maximum atomic E-state index is 13.8. The molecule has 1 heterocycles. The predicted octanol–water partition coefficient (Wildman–Crippen LogP) is 3.93. The zero-order valence-corrected chi connectivity index (χ0v) is 17.4. The molecule has 0 radical (unpaired) electrons. The Morgan fingerprint density at radius 3 is 2.38 bits per heavy atom. The number of aryl methyl sites for hydroxylation is 3. The Bertz CT molecular complexity index is 1030. The summed E-state index contributed by atoms with van der Waals surface area (Å²) in [6.45, 7) is 5.77. The van der Waals surface area contributed by atoms with Gasteiger partial charge in [-0.05, 0) is 56.9 Å².